The molecule has 13 N–H and O–H groups in total. The van der Waals surface area contributed by atoms with E-state index in [9.17, 15) is 28.8 Å². The van der Waals surface area contributed by atoms with Crippen molar-refractivity contribution in [3.8, 4) is 0 Å². The average Bonchev–Trinajstić information content (AvgIpc) is 3.02. The van der Waals surface area contributed by atoms with Gasteiger partial charge in [0.2, 0.25) is 0 Å². The Labute approximate surface area is 312 Å². The van der Waals surface area contributed by atoms with Crippen molar-refractivity contribution in [3.63, 3.8) is 0 Å². The van der Waals surface area contributed by atoms with Crippen LogP contribution in [-0.4, -0.2) is 118 Å². The summed E-state index contributed by atoms with van der Waals surface area (Å²) in [7, 11) is 0. The van der Waals surface area contributed by atoms with E-state index in [1.165, 1.54) is 6.92 Å². The fourth-order valence-corrected chi connectivity index (χ4v) is 4.09. The Morgan fingerprint density at radius 1 is 0.654 bits per heavy atom. The summed E-state index contributed by atoms with van der Waals surface area (Å²) in [5.41, 5.74) is 24.3. The van der Waals surface area contributed by atoms with E-state index in [2.05, 4.69) is 25.1 Å². The molecule has 17 heteroatoms. The Morgan fingerprint density at radius 2 is 1.10 bits per heavy atom. The van der Waals surface area contributed by atoms with E-state index in [-0.39, 0.29) is 30.8 Å². The summed E-state index contributed by atoms with van der Waals surface area (Å²) < 4.78 is 5.18. The lowest BCUT2D eigenvalue weighted by Gasteiger charge is -2.06. The number of Topliss-reactive ketones (excluding diaryl/α,β-unsaturated/α-hetero) is 2. The Balaban J connectivity index is -0.000000295. The molecule has 0 aromatic rings. The molecule has 0 saturated heterocycles. The SMILES string of the molecule is C=C(C)CNCCCC(N)C(=O)O.C=C(C)COCCCC(N)C(=O)O.C=C(C)CSCCCC(N)C(=O)O.CC(=O)CC(=O)CCC(N)C(=O)O. The maximum atomic E-state index is 10.9. The summed E-state index contributed by atoms with van der Waals surface area (Å²) in [6.45, 7) is 20.9. The van der Waals surface area contributed by atoms with Gasteiger partial charge in [0.15, 0.2) is 0 Å². The van der Waals surface area contributed by atoms with Crippen LogP contribution in [0.3, 0.4) is 0 Å². The normalized spacial score (nSPS) is 12.4. The molecule has 0 heterocycles. The number of hydrogen-bond donors (Lipinski definition) is 9. The van der Waals surface area contributed by atoms with Crippen LogP contribution in [0.1, 0.15) is 85.5 Å². The third-order valence-corrected chi connectivity index (χ3v) is 7.32. The fourth-order valence-electron chi connectivity index (χ4n) is 3.23. The van der Waals surface area contributed by atoms with Gasteiger partial charge in [0.05, 0.1) is 13.0 Å². The zero-order chi connectivity index (χ0) is 41.2. The summed E-state index contributed by atoms with van der Waals surface area (Å²) in [6.07, 6.45) is 3.82. The molecule has 0 amide bonds. The lowest BCUT2D eigenvalue weighted by atomic mass is 10.1. The van der Waals surface area contributed by atoms with E-state index in [0.29, 0.717) is 38.9 Å². The molecule has 16 nitrogen and oxygen atoms in total. The van der Waals surface area contributed by atoms with Gasteiger partial charge in [-0.3, -0.25) is 28.8 Å². The monoisotopic (exact) mass is 763 g/mol. The molecule has 0 aliphatic rings. The molecule has 0 spiro atoms. The molecule has 0 aliphatic carbocycles. The standard InChI is InChI=1S/C9H18N2O2.C9H17NO3.C9H17NO2S.C8H13NO4/c1-7(2)6-11-5-3-4-8(10)9(12)13;2*1-7(2)6-13-5-3-4-8(10)9(11)12;1-5(10)4-6(11)2-3-7(9)8(12)13/h8,11H,1,3-6,10H2,2H3,(H,12,13);2*8H,1,3-6,10H2,2H3,(H,11,12);7H,2-4,9H2,1H3,(H,12,13). The molecule has 4 atom stereocenters. The summed E-state index contributed by atoms with van der Waals surface area (Å²) in [5, 5.41) is 36.9. The van der Waals surface area contributed by atoms with Crippen LogP contribution < -0.4 is 28.3 Å². The highest BCUT2D eigenvalue weighted by Gasteiger charge is 2.14. The van der Waals surface area contributed by atoms with Crippen LogP contribution in [0.4, 0.5) is 0 Å². The molecule has 0 aliphatic heterocycles. The lowest BCUT2D eigenvalue weighted by Crippen LogP contribution is -2.31. The highest BCUT2D eigenvalue weighted by Crippen LogP contribution is 2.09. The molecule has 0 radical (unpaired) electrons. The van der Waals surface area contributed by atoms with E-state index in [0.717, 1.165) is 54.2 Å². The van der Waals surface area contributed by atoms with Crippen LogP contribution in [-0.2, 0) is 33.5 Å². The fraction of sp³-hybridized carbons (Fsp3) is 0.657. The van der Waals surface area contributed by atoms with Crippen LogP contribution in [0.25, 0.3) is 0 Å². The highest BCUT2D eigenvalue weighted by atomic mass is 32.2. The van der Waals surface area contributed by atoms with Gasteiger partial charge in [0, 0.05) is 25.3 Å². The Hall–Kier alpha value is -3.45. The lowest BCUT2D eigenvalue weighted by molar-refractivity contribution is -0.139. The maximum Gasteiger partial charge on any atom is 0.320 e. The summed E-state index contributed by atoms with van der Waals surface area (Å²) in [5.74, 6) is -2.51. The minimum atomic E-state index is -1.13. The van der Waals surface area contributed by atoms with Gasteiger partial charge in [-0.15, -0.1) is 0 Å². The van der Waals surface area contributed by atoms with E-state index in [4.69, 9.17) is 48.1 Å². The number of carbonyl (C=O) groups is 6. The quantitative estimate of drug-likeness (QED) is 0.0329. The van der Waals surface area contributed by atoms with Crippen molar-refractivity contribution in [2.75, 3.05) is 37.8 Å². The number of carbonyl (C=O) groups excluding carboxylic acids is 2. The van der Waals surface area contributed by atoms with Gasteiger partial charge < -0.3 is 53.4 Å². The van der Waals surface area contributed by atoms with Gasteiger partial charge in [-0.25, -0.2) is 0 Å². The molecule has 0 aromatic carbocycles. The minimum Gasteiger partial charge on any atom is -0.480 e. The molecule has 0 bridgehead atoms. The number of rotatable bonds is 27. The molecular formula is C35H65N5O11S. The first-order valence-corrected chi connectivity index (χ1v) is 17.9. The molecular weight excluding hydrogens is 698 g/mol. The maximum absolute atomic E-state index is 10.9. The van der Waals surface area contributed by atoms with Gasteiger partial charge in [0.1, 0.15) is 35.7 Å². The number of aliphatic carboxylic acids is 4. The van der Waals surface area contributed by atoms with Crippen molar-refractivity contribution < 1.29 is 53.9 Å². The molecule has 302 valence electrons. The first kappa shape index (κ1) is 55.3. The highest BCUT2D eigenvalue weighted by molar-refractivity contribution is 7.99. The second kappa shape index (κ2) is 35.9. The molecule has 0 saturated carbocycles. The van der Waals surface area contributed by atoms with Crippen LogP contribution in [0, 0.1) is 0 Å². The van der Waals surface area contributed by atoms with E-state index in [1.807, 2.05) is 20.8 Å². The first-order chi connectivity index (χ1) is 24.0. The van der Waals surface area contributed by atoms with Crippen LogP contribution in [0.5, 0.6) is 0 Å². The van der Waals surface area contributed by atoms with E-state index >= 15 is 0 Å². The Morgan fingerprint density at radius 3 is 1.50 bits per heavy atom. The zero-order valence-corrected chi connectivity index (χ0v) is 32.2. The Kier molecular flexibility index (Phi) is 38.2. The Bertz CT molecular complexity index is 1010. The zero-order valence-electron chi connectivity index (χ0n) is 31.4. The van der Waals surface area contributed by atoms with Crippen LogP contribution in [0.2, 0.25) is 0 Å². The van der Waals surface area contributed by atoms with Gasteiger partial charge in [-0.05, 0) is 84.9 Å². The number of hydrogen-bond acceptors (Lipinski definition) is 13. The second-order valence-corrected chi connectivity index (χ2v) is 13.4. The molecule has 52 heavy (non-hydrogen) atoms. The van der Waals surface area contributed by atoms with Crippen molar-refractivity contribution in [2.24, 2.45) is 22.9 Å². The molecule has 4 unspecified atom stereocenters. The third kappa shape index (κ3) is 46.5. The number of carboxylic acid groups (broad SMARTS) is 4. The molecule has 0 rings (SSSR count). The number of ketones is 2. The van der Waals surface area contributed by atoms with Gasteiger partial charge in [0.25, 0.3) is 0 Å². The average molecular weight is 764 g/mol. The summed E-state index contributed by atoms with van der Waals surface area (Å²) in [6, 6.07) is -3.22. The largest absolute Gasteiger partial charge is 0.480 e. The van der Waals surface area contributed by atoms with Crippen LogP contribution in [0.15, 0.2) is 36.5 Å². The van der Waals surface area contributed by atoms with E-state index in [1.54, 1.807) is 11.8 Å². The molecule has 0 aromatic heterocycles. The van der Waals surface area contributed by atoms with Crippen molar-refractivity contribution in [1.29, 1.82) is 0 Å². The number of thioether (sulfide) groups is 1. The third-order valence-electron chi connectivity index (χ3n) is 6.05. The number of nitrogens with two attached hydrogens (primary N) is 4. The number of carboxylic acids is 4. The number of ether oxygens (including phenoxy) is 1. The van der Waals surface area contributed by atoms with Crippen molar-refractivity contribution >= 4 is 47.2 Å². The minimum absolute atomic E-state index is 0.0487. The van der Waals surface area contributed by atoms with Gasteiger partial charge >= 0.3 is 23.9 Å². The predicted octanol–water partition coefficient (Wildman–Crippen LogP) is 2.33. The van der Waals surface area contributed by atoms with Gasteiger partial charge in [-0.2, -0.15) is 11.8 Å². The molecule has 0 fully saturated rings. The van der Waals surface area contributed by atoms with Crippen molar-refractivity contribution in [1.82, 2.24) is 5.32 Å². The number of nitrogens with one attached hydrogen (secondary N) is 1. The second-order valence-electron chi connectivity index (χ2n) is 12.3. The summed E-state index contributed by atoms with van der Waals surface area (Å²) in [4.78, 5) is 62.5. The predicted molar refractivity (Wildman–Crippen MR) is 205 cm³/mol. The van der Waals surface area contributed by atoms with Crippen molar-refractivity contribution in [2.45, 2.75) is 110 Å². The topological polar surface area (TPSA) is 309 Å². The smallest absolute Gasteiger partial charge is 0.320 e. The van der Waals surface area contributed by atoms with Gasteiger partial charge in [-0.1, -0.05) is 36.5 Å². The first-order valence-electron chi connectivity index (χ1n) is 16.8. The van der Waals surface area contributed by atoms with Crippen LogP contribution >= 0.6 is 11.8 Å². The van der Waals surface area contributed by atoms with E-state index < -0.39 is 48.0 Å². The van der Waals surface area contributed by atoms with Crippen molar-refractivity contribution in [3.05, 3.63) is 36.5 Å². The summed E-state index contributed by atoms with van der Waals surface area (Å²) >= 11 is 1.77.